The standard InChI is InChI=1S/C22H23N3O/c1-15-5-4-6-18(12-15)13-24-22(26)21-10-8-19(14-23-21)25-20-9-7-16(2)11-17(20)3/h4-12,14,25H,13H2,1-3H3,(H,24,26). The van der Waals surface area contributed by atoms with E-state index in [0.29, 0.717) is 12.2 Å². The molecule has 0 spiro atoms. The van der Waals surface area contributed by atoms with Crippen molar-refractivity contribution in [1.82, 2.24) is 10.3 Å². The maximum atomic E-state index is 12.3. The van der Waals surface area contributed by atoms with Gasteiger partial charge in [-0.25, -0.2) is 4.98 Å². The van der Waals surface area contributed by atoms with E-state index in [1.165, 1.54) is 16.7 Å². The van der Waals surface area contributed by atoms with Crippen LogP contribution in [0.3, 0.4) is 0 Å². The highest BCUT2D eigenvalue weighted by Crippen LogP contribution is 2.21. The fraction of sp³-hybridized carbons (Fsp3) is 0.182. The molecule has 0 radical (unpaired) electrons. The second-order valence-corrected chi connectivity index (χ2v) is 6.55. The van der Waals surface area contributed by atoms with E-state index >= 15 is 0 Å². The van der Waals surface area contributed by atoms with Gasteiger partial charge in [0.1, 0.15) is 5.69 Å². The minimum Gasteiger partial charge on any atom is -0.354 e. The molecule has 0 bridgehead atoms. The summed E-state index contributed by atoms with van der Waals surface area (Å²) in [5.41, 5.74) is 6.95. The third kappa shape index (κ3) is 4.48. The van der Waals surface area contributed by atoms with E-state index in [1.807, 2.05) is 37.3 Å². The van der Waals surface area contributed by atoms with Gasteiger partial charge < -0.3 is 10.6 Å². The number of rotatable bonds is 5. The molecule has 0 atom stereocenters. The van der Waals surface area contributed by atoms with Gasteiger partial charge in [-0.15, -0.1) is 0 Å². The summed E-state index contributed by atoms with van der Waals surface area (Å²) in [7, 11) is 0. The third-order valence-electron chi connectivity index (χ3n) is 4.19. The molecule has 0 aliphatic heterocycles. The number of hydrogen-bond donors (Lipinski definition) is 2. The molecule has 0 saturated heterocycles. The van der Waals surface area contributed by atoms with Crippen molar-refractivity contribution < 1.29 is 4.79 Å². The Morgan fingerprint density at radius 1 is 0.962 bits per heavy atom. The van der Waals surface area contributed by atoms with Crippen LogP contribution in [0.2, 0.25) is 0 Å². The van der Waals surface area contributed by atoms with Crippen LogP contribution in [0.25, 0.3) is 0 Å². The topological polar surface area (TPSA) is 54.0 Å². The molecule has 26 heavy (non-hydrogen) atoms. The lowest BCUT2D eigenvalue weighted by atomic mass is 10.1. The van der Waals surface area contributed by atoms with Crippen LogP contribution in [0.4, 0.5) is 11.4 Å². The molecule has 3 aromatic rings. The highest BCUT2D eigenvalue weighted by atomic mass is 16.1. The zero-order valence-corrected chi connectivity index (χ0v) is 15.3. The van der Waals surface area contributed by atoms with E-state index < -0.39 is 0 Å². The predicted molar refractivity (Wildman–Crippen MR) is 106 cm³/mol. The van der Waals surface area contributed by atoms with E-state index in [9.17, 15) is 4.79 Å². The predicted octanol–water partition coefficient (Wildman–Crippen LogP) is 4.68. The first-order valence-electron chi connectivity index (χ1n) is 8.65. The molecular formula is C22H23N3O. The van der Waals surface area contributed by atoms with Crippen molar-refractivity contribution in [3.05, 3.63) is 88.7 Å². The summed E-state index contributed by atoms with van der Waals surface area (Å²) >= 11 is 0. The number of benzene rings is 2. The lowest BCUT2D eigenvalue weighted by molar-refractivity contribution is 0.0946. The fourth-order valence-corrected chi connectivity index (χ4v) is 2.81. The first-order valence-corrected chi connectivity index (χ1v) is 8.65. The van der Waals surface area contributed by atoms with Crippen LogP contribution in [-0.2, 0) is 6.54 Å². The number of nitrogens with zero attached hydrogens (tertiary/aromatic N) is 1. The third-order valence-corrected chi connectivity index (χ3v) is 4.19. The van der Waals surface area contributed by atoms with Gasteiger partial charge in [0.05, 0.1) is 11.9 Å². The van der Waals surface area contributed by atoms with Crippen LogP contribution in [0.15, 0.2) is 60.8 Å². The van der Waals surface area contributed by atoms with Gasteiger partial charge in [-0.1, -0.05) is 47.5 Å². The maximum absolute atomic E-state index is 12.3. The smallest absolute Gasteiger partial charge is 0.270 e. The lowest BCUT2D eigenvalue weighted by Gasteiger charge is -2.11. The van der Waals surface area contributed by atoms with Crippen molar-refractivity contribution in [2.24, 2.45) is 0 Å². The summed E-state index contributed by atoms with van der Waals surface area (Å²) in [4.78, 5) is 16.5. The van der Waals surface area contributed by atoms with Gasteiger partial charge in [-0.2, -0.15) is 0 Å². The van der Waals surface area contributed by atoms with Gasteiger partial charge in [0.15, 0.2) is 0 Å². The summed E-state index contributed by atoms with van der Waals surface area (Å²) in [5, 5.41) is 6.24. The Hall–Kier alpha value is -3.14. The van der Waals surface area contributed by atoms with Crippen LogP contribution in [-0.4, -0.2) is 10.9 Å². The van der Waals surface area contributed by atoms with E-state index in [1.54, 1.807) is 12.3 Å². The van der Waals surface area contributed by atoms with Crippen molar-refractivity contribution in [2.45, 2.75) is 27.3 Å². The Morgan fingerprint density at radius 2 is 1.77 bits per heavy atom. The first-order chi connectivity index (χ1) is 12.5. The molecule has 2 aromatic carbocycles. The minimum absolute atomic E-state index is 0.176. The Balaban J connectivity index is 1.62. The summed E-state index contributed by atoms with van der Waals surface area (Å²) in [5.74, 6) is -0.176. The highest BCUT2D eigenvalue weighted by molar-refractivity contribution is 5.92. The number of anilines is 2. The van der Waals surface area contributed by atoms with Gasteiger partial charge >= 0.3 is 0 Å². The second kappa shape index (κ2) is 7.83. The van der Waals surface area contributed by atoms with E-state index in [-0.39, 0.29) is 5.91 Å². The zero-order chi connectivity index (χ0) is 18.5. The van der Waals surface area contributed by atoms with E-state index in [4.69, 9.17) is 0 Å². The van der Waals surface area contributed by atoms with Crippen molar-refractivity contribution in [1.29, 1.82) is 0 Å². The fourth-order valence-electron chi connectivity index (χ4n) is 2.81. The molecule has 1 heterocycles. The van der Waals surface area contributed by atoms with Gasteiger partial charge in [-0.05, 0) is 50.1 Å². The quantitative estimate of drug-likeness (QED) is 0.706. The maximum Gasteiger partial charge on any atom is 0.270 e. The lowest BCUT2D eigenvalue weighted by Crippen LogP contribution is -2.23. The molecule has 1 aromatic heterocycles. The molecule has 4 heteroatoms. The number of aryl methyl sites for hydroxylation is 3. The molecule has 0 saturated carbocycles. The molecule has 0 fully saturated rings. The monoisotopic (exact) mass is 345 g/mol. The Bertz CT molecular complexity index is 917. The van der Waals surface area contributed by atoms with E-state index in [2.05, 4.69) is 47.7 Å². The average molecular weight is 345 g/mol. The molecule has 2 N–H and O–H groups in total. The number of nitrogens with one attached hydrogen (secondary N) is 2. The van der Waals surface area contributed by atoms with Gasteiger partial charge in [-0.3, -0.25) is 4.79 Å². The van der Waals surface area contributed by atoms with Crippen molar-refractivity contribution in [3.63, 3.8) is 0 Å². The normalized spacial score (nSPS) is 10.4. The van der Waals surface area contributed by atoms with Crippen LogP contribution >= 0.6 is 0 Å². The zero-order valence-electron chi connectivity index (χ0n) is 15.3. The van der Waals surface area contributed by atoms with E-state index in [0.717, 1.165) is 16.9 Å². The highest BCUT2D eigenvalue weighted by Gasteiger charge is 2.07. The first kappa shape index (κ1) is 17.7. The molecule has 0 unspecified atom stereocenters. The molecule has 3 rings (SSSR count). The van der Waals surface area contributed by atoms with Crippen LogP contribution in [0.1, 0.15) is 32.7 Å². The summed E-state index contributed by atoms with van der Waals surface area (Å²) in [6.07, 6.45) is 1.68. The number of aromatic nitrogens is 1. The SMILES string of the molecule is Cc1cccc(CNC(=O)c2ccc(Nc3ccc(C)cc3C)cn2)c1. The average Bonchev–Trinajstić information content (AvgIpc) is 2.63. The Morgan fingerprint density at radius 3 is 2.46 bits per heavy atom. The number of carbonyl (C=O) groups is 1. The molecule has 4 nitrogen and oxygen atoms in total. The number of amides is 1. The molecular weight excluding hydrogens is 322 g/mol. The second-order valence-electron chi connectivity index (χ2n) is 6.55. The van der Waals surface area contributed by atoms with Crippen molar-refractivity contribution >= 4 is 17.3 Å². The minimum atomic E-state index is -0.176. The van der Waals surface area contributed by atoms with Gasteiger partial charge in [0, 0.05) is 12.2 Å². The van der Waals surface area contributed by atoms with Crippen LogP contribution in [0, 0.1) is 20.8 Å². The largest absolute Gasteiger partial charge is 0.354 e. The Labute approximate surface area is 154 Å². The summed E-state index contributed by atoms with van der Waals surface area (Å²) in [6.45, 7) is 6.66. The van der Waals surface area contributed by atoms with Crippen molar-refractivity contribution in [2.75, 3.05) is 5.32 Å². The number of pyridine rings is 1. The number of hydrogen-bond acceptors (Lipinski definition) is 3. The van der Waals surface area contributed by atoms with Crippen LogP contribution in [0.5, 0.6) is 0 Å². The van der Waals surface area contributed by atoms with Crippen LogP contribution < -0.4 is 10.6 Å². The summed E-state index contributed by atoms with van der Waals surface area (Å²) < 4.78 is 0. The molecule has 0 aliphatic carbocycles. The van der Waals surface area contributed by atoms with Gasteiger partial charge in [0.25, 0.3) is 5.91 Å². The Kier molecular flexibility index (Phi) is 5.32. The number of carbonyl (C=O) groups excluding carboxylic acids is 1. The molecule has 1 amide bonds. The molecule has 132 valence electrons. The van der Waals surface area contributed by atoms with Gasteiger partial charge in [0.2, 0.25) is 0 Å². The molecule has 0 aliphatic rings. The summed E-state index contributed by atoms with van der Waals surface area (Å²) in [6, 6.07) is 17.9. The van der Waals surface area contributed by atoms with Crippen molar-refractivity contribution in [3.8, 4) is 0 Å².